The Labute approximate surface area is 99.4 Å². The van der Waals surface area contributed by atoms with Crippen LogP contribution in [0.2, 0.25) is 0 Å². The van der Waals surface area contributed by atoms with Gasteiger partial charge in [0.05, 0.1) is 11.8 Å². The summed E-state index contributed by atoms with van der Waals surface area (Å²) in [6.07, 6.45) is 1.45. The highest BCUT2D eigenvalue weighted by molar-refractivity contribution is 7.22. The van der Waals surface area contributed by atoms with Crippen molar-refractivity contribution in [3.63, 3.8) is 0 Å². The number of fused-ring (bicyclic) bond motifs is 1. The minimum absolute atomic E-state index is 0.0610. The fourth-order valence-corrected chi connectivity index (χ4v) is 3.62. The normalized spacial score (nSPS) is 11.1. The number of aromatic nitrogens is 2. The predicted molar refractivity (Wildman–Crippen MR) is 68.3 cm³/mol. The molecule has 0 aliphatic rings. The molecule has 3 aromatic rings. The quantitative estimate of drug-likeness (QED) is 0.719. The smallest absolute Gasteiger partial charge is 0.268 e. The van der Waals surface area contributed by atoms with Crippen LogP contribution in [0.15, 0.2) is 27.9 Å². The summed E-state index contributed by atoms with van der Waals surface area (Å²) >= 11 is 3.17. The summed E-state index contributed by atoms with van der Waals surface area (Å²) < 4.78 is 0.697. The van der Waals surface area contributed by atoms with Crippen LogP contribution in [0.3, 0.4) is 0 Å². The van der Waals surface area contributed by atoms with Crippen molar-refractivity contribution in [2.45, 2.75) is 6.92 Å². The first-order chi connectivity index (χ1) is 7.75. The fraction of sp³-hybridized carbons (Fsp3) is 0.0909. The molecule has 80 valence electrons. The number of nitrogens with one attached hydrogen (secondary N) is 1. The highest BCUT2D eigenvalue weighted by Crippen LogP contribution is 2.34. The first kappa shape index (κ1) is 9.74. The zero-order valence-corrected chi connectivity index (χ0v) is 10.1. The SMILES string of the molecule is Cc1cscc1-c1cc2nc[nH]c(=O)c2s1. The summed E-state index contributed by atoms with van der Waals surface area (Å²) in [7, 11) is 0. The first-order valence-electron chi connectivity index (χ1n) is 4.76. The molecule has 16 heavy (non-hydrogen) atoms. The summed E-state index contributed by atoms with van der Waals surface area (Å²) in [5, 5.41) is 4.21. The number of hydrogen-bond donors (Lipinski definition) is 1. The van der Waals surface area contributed by atoms with Crippen LogP contribution in [0.25, 0.3) is 20.7 Å². The first-order valence-corrected chi connectivity index (χ1v) is 6.52. The van der Waals surface area contributed by atoms with Crippen molar-refractivity contribution in [1.82, 2.24) is 9.97 Å². The van der Waals surface area contributed by atoms with Crippen molar-refractivity contribution in [2.75, 3.05) is 0 Å². The lowest BCUT2D eigenvalue weighted by atomic mass is 10.2. The number of nitrogens with zero attached hydrogens (tertiary/aromatic N) is 1. The Morgan fingerprint density at radius 2 is 2.25 bits per heavy atom. The molecule has 0 fully saturated rings. The van der Waals surface area contributed by atoms with Crippen molar-refractivity contribution in [3.8, 4) is 10.4 Å². The van der Waals surface area contributed by atoms with E-state index in [2.05, 4.69) is 27.7 Å². The molecule has 0 unspecified atom stereocenters. The van der Waals surface area contributed by atoms with Crippen molar-refractivity contribution in [1.29, 1.82) is 0 Å². The van der Waals surface area contributed by atoms with Gasteiger partial charge in [-0.1, -0.05) is 0 Å². The van der Waals surface area contributed by atoms with Crippen LogP contribution in [0.4, 0.5) is 0 Å². The number of hydrogen-bond acceptors (Lipinski definition) is 4. The van der Waals surface area contributed by atoms with Gasteiger partial charge >= 0.3 is 0 Å². The predicted octanol–water partition coefficient (Wildman–Crippen LogP) is 3.02. The maximum atomic E-state index is 11.6. The lowest BCUT2D eigenvalue weighted by molar-refractivity contribution is 1.18. The maximum Gasteiger partial charge on any atom is 0.268 e. The third kappa shape index (κ3) is 1.40. The Morgan fingerprint density at radius 1 is 1.38 bits per heavy atom. The van der Waals surface area contributed by atoms with E-state index in [1.807, 2.05) is 6.07 Å². The molecule has 0 bridgehead atoms. The topological polar surface area (TPSA) is 45.8 Å². The van der Waals surface area contributed by atoms with E-state index < -0.39 is 0 Å². The lowest BCUT2D eigenvalue weighted by Crippen LogP contribution is -2.02. The molecule has 1 N–H and O–H groups in total. The van der Waals surface area contributed by atoms with Gasteiger partial charge in [-0.2, -0.15) is 11.3 Å². The van der Waals surface area contributed by atoms with Gasteiger partial charge in [0.25, 0.3) is 5.56 Å². The van der Waals surface area contributed by atoms with E-state index in [1.54, 1.807) is 11.3 Å². The molecule has 0 saturated heterocycles. The van der Waals surface area contributed by atoms with Gasteiger partial charge in [0, 0.05) is 10.4 Å². The average molecular weight is 248 g/mol. The second-order valence-electron chi connectivity index (χ2n) is 3.53. The maximum absolute atomic E-state index is 11.6. The van der Waals surface area contributed by atoms with Crippen LogP contribution in [0.5, 0.6) is 0 Å². The number of aromatic amines is 1. The highest BCUT2D eigenvalue weighted by atomic mass is 32.1. The minimum Gasteiger partial charge on any atom is -0.312 e. The Morgan fingerprint density at radius 3 is 2.94 bits per heavy atom. The van der Waals surface area contributed by atoms with Crippen LogP contribution >= 0.6 is 22.7 Å². The molecule has 0 radical (unpaired) electrons. The fourth-order valence-electron chi connectivity index (χ4n) is 1.61. The zero-order chi connectivity index (χ0) is 11.1. The Balaban J connectivity index is 2.31. The van der Waals surface area contributed by atoms with Crippen LogP contribution in [0, 0.1) is 6.92 Å². The van der Waals surface area contributed by atoms with Gasteiger partial charge in [0.15, 0.2) is 0 Å². The molecule has 0 amide bonds. The molecule has 0 atom stereocenters. The molecule has 3 heterocycles. The Bertz CT molecular complexity index is 708. The standard InChI is InChI=1S/C11H8N2OS2/c1-6-3-15-4-7(6)9-2-8-10(16-9)11(14)13-5-12-8/h2-5H,1H3,(H,12,13,14). The average Bonchev–Trinajstić information content (AvgIpc) is 2.84. The highest BCUT2D eigenvalue weighted by Gasteiger charge is 2.09. The summed E-state index contributed by atoms with van der Waals surface area (Å²) in [6, 6.07) is 1.98. The molecule has 0 aliphatic heterocycles. The van der Waals surface area contributed by atoms with Gasteiger partial charge in [0.2, 0.25) is 0 Å². The Kier molecular flexibility index (Phi) is 2.15. The number of thiophene rings is 2. The van der Waals surface area contributed by atoms with Crippen molar-refractivity contribution in [2.24, 2.45) is 0 Å². The number of rotatable bonds is 1. The van der Waals surface area contributed by atoms with Crippen LogP contribution < -0.4 is 5.56 Å². The Hall–Kier alpha value is -1.46. The molecule has 0 aromatic carbocycles. The molecule has 5 heteroatoms. The van der Waals surface area contributed by atoms with Crippen molar-refractivity contribution < 1.29 is 0 Å². The molecule has 3 rings (SSSR count). The monoisotopic (exact) mass is 248 g/mol. The van der Waals surface area contributed by atoms with Gasteiger partial charge in [0.1, 0.15) is 4.70 Å². The van der Waals surface area contributed by atoms with E-state index in [-0.39, 0.29) is 5.56 Å². The van der Waals surface area contributed by atoms with E-state index in [9.17, 15) is 4.79 Å². The zero-order valence-electron chi connectivity index (χ0n) is 8.48. The van der Waals surface area contributed by atoms with Gasteiger partial charge < -0.3 is 4.98 Å². The second-order valence-corrected chi connectivity index (χ2v) is 5.32. The molecule has 3 nitrogen and oxygen atoms in total. The van der Waals surface area contributed by atoms with Gasteiger partial charge in [-0.25, -0.2) is 4.98 Å². The number of H-pyrrole nitrogens is 1. The largest absolute Gasteiger partial charge is 0.312 e. The minimum atomic E-state index is -0.0610. The summed E-state index contributed by atoms with van der Waals surface area (Å²) in [5.41, 5.74) is 3.16. The van der Waals surface area contributed by atoms with E-state index in [1.165, 1.54) is 28.8 Å². The second kappa shape index (κ2) is 3.54. The molecule has 3 aromatic heterocycles. The van der Waals surface area contributed by atoms with Crippen molar-refractivity contribution >= 4 is 32.9 Å². The molecular weight excluding hydrogens is 240 g/mol. The third-order valence-corrected chi connectivity index (χ3v) is 4.46. The van der Waals surface area contributed by atoms with E-state index in [4.69, 9.17) is 0 Å². The molecular formula is C11H8N2OS2. The molecule has 0 spiro atoms. The summed E-state index contributed by atoms with van der Waals surface area (Å²) in [6.45, 7) is 2.08. The molecule has 0 aliphatic carbocycles. The summed E-state index contributed by atoms with van der Waals surface area (Å²) in [4.78, 5) is 19.4. The van der Waals surface area contributed by atoms with E-state index in [0.29, 0.717) is 4.70 Å². The van der Waals surface area contributed by atoms with Crippen LogP contribution in [-0.4, -0.2) is 9.97 Å². The van der Waals surface area contributed by atoms with Gasteiger partial charge in [-0.05, 0) is 29.3 Å². The lowest BCUT2D eigenvalue weighted by Gasteiger charge is -1.92. The summed E-state index contributed by atoms with van der Waals surface area (Å²) in [5.74, 6) is 0. The van der Waals surface area contributed by atoms with Crippen LogP contribution in [-0.2, 0) is 0 Å². The van der Waals surface area contributed by atoms with Gasteiger partial charge in [-0.3, -0.25) is 4.79 Å². The van der Waals surface area contributed by atoms with Crippen LogP contribution in [0.1, 0.15) is 5.56 Å². The van der Waals surface area contributed by atoms with Gasteiger partial charge in [-0.15, -0.1) is 11.3 Å². The third-order valence-electron chi connectivity index (χ3n) is 2.44. The van der Waals surface area contributed by atoms with E-state index >= 15 is 0 Å². The number of aryl methyl sites for hydroxylation is 1. The van der Waals surface area contributed by atoms with Crippen molar-refractivity contribution in [3.05, 3.63) is 39.1 Å². The molecule has 0 saturated carbocycles. The van der Waals surface area contributed by atoms with E-state index in [0.717, 1.165) is 10.4 Å².